The lowest BCUT2D eigenvalue weighted by atomic mass is 10.1. The van der Waals surface area contributed by atoms with Gasteiger partial charge in [-0.25, -0.2) is 0 Å². The smallest absolute Gasteiger partial charge is 0.257 e. The molecule has 132 valence electrons. The Hall–Kier alpha value is -2.44. The van der Waals surface area contributed by atoms with E-state index in [1.165, 1.54) is 0 Å². The number of nitrogens with zero attached hydrogens (tertiary/aromatic N) is 3. The van der Waals surface area contributed by atoms with Crippen molar-refractivity contribution in [2.75, 3.05) is 32.7 Å². The van der Waals surface area contributed by atoms with E-state index in [-0.39, 0.29) is 12.0 Å². The van der Waals surface area contributed by atoms with Crippen LogP contribution in [0.25, 0.3) is 0 Å². The van der Waals surface area contributed by atoms with Gasteiger partial charge in [0.25, 0.3) is 5.91 Å². The minimum atomic E-state index is -0.351. The summed E-state index contributed by atoms with van der Waals surface area (Å²) in [6.07, 6.45) is 2.95. The molecule has 0 bridgehead atoms. The molecule has 6 heteroatoms. The van der Waals surface area contributed by atoms with Gasteiger partial charge in [-0.1, -0.05) is 12.1 Å². The molecule has 2 aromatic rings. The summed E-state index contributed by atoms with van der Waals surface area (Å²) in [4.78, 5) is 20.9. The van der Waals surface area contributed by atoms with Crippen molar-refractivity contribution < 1.29 is 14.6 Å². The number of β-amino-alcohol motifs (C(OH)–C–C–N with tert-alkyl or cyclic N) is 1. The van der Waals surface area contributed by atoms with E-state index in [9.17, 15) is 9.90 Å². The highest BCUT2D eigenvalue weighted by Gasteiger charge is 2.24. The zero-order valence-electron chi connectivity index (χ0n) is 14.3. The van der Waals surface area contributed by atoms with Gasteiger partial charge >= 0.3 is 0 Å². The van der Waals surface area contributed by atoms with Crippen molar-refractivity contribution in [1.82, 2.24) is 14.8 Å². The number of ether oxygens (including phenoxy) is 1. The number of pyridine rings is 1. The first-order valence-electron chi connectivity index (χ1n) is 8.50. The summed E-state index contributed by atoms with van der Waals surface area (Å²) >= 11 is 0. The van der Waals surface area contributed by atoms with Crippen LogP contribution in [0, 0.1) is 0 Å². The molecule has 0 saturated carbocycles. The number of aliphatic hydroxyl groups is 1. The van der Waals surface area contributed by atoms with Crippen LogP contribution in [0.1, 0.15) is 17.3 Å². The molecule has 3 rings (SSSR count). The Kier molecular flexibility index (Phi) is 5.63. The normalized spacial score (nSPS) is 16.5. The number of benzene rings is 1. The van der Waals surface area contributed by atoms with E-state index >= 15 is 0 Å². The van der Waals surface area contributed by atoms with Crippen LogP contribution in [0.4, 0.5) is 0 Å². The van der Waals surface area contributed by atoms with E-state index in [1.807, 2.05) is 23.1 Å². The highest BCUT2D eigenvalue weighted by Crippen LogP contribution is 2.26. The second-order valence-corrected chi connectivity index (χ2v) is 6.23. The number of carbonyl (C=O) groups excluding carboxylic acids is 1. The van der Waals surface area contributed by atoms with Crippen molar-refractivity contribution in [3.8, 4) is 11.5 Å². The fourth-order valence-corrected chi connectivity index (χ4v) is 2.94. The van der Waals surface area contributed by atoms with E-state index < -0.39 is 0 Å². The Morgan fingerprint density at radius 1 is 1.20 bits per heavy atom. The van der Waals surface area contributed by atoms with Crippen LogP contribution in [0.3, 0.4) is 0 Å². The van der Waals surface area contributed by atoms with E-state index in [2.05, 4.69) is 9.88 Å². The van der Waals surface area contributed by atoms with E-state index in [0.29, 0.717) is 36.7 Å². The molecule has 1 saturated heterocycles. The molecule has 1 aliphatic rings. The van der Waals surface area contributed by atoms with E-state index in [0.717, 1.165) is 13.1 Å². The number of piperazine rings is 1. The molecule has 1 aromatic carbocycles. The predicted octanol–water partition coefficient (Wildman–Crippen LogP) is 2.01. The number of aliphatic hydroxyl groups excluding tert-OH is 1. The lowest BCUT2D eigenvalue weighted by Crippen LogP contribution is -2.50. The van der Waals surface area contributed by atoms with E-state index in [4.69, 9.17) is 4.74 Å². The minimum Gasteiger partial charge on any atom is -0.455 e. The van der Waals surface area contributed by atoms with Gasteiger partial charge in [-0.3, -0.25) is 14.7 Å². The molecule has 0 unspecified atom stereocenters. The first-order chi connectivity index (χ1) is 12.1. The van der Waals surface area contributed by atoms with Gasteiger partial charge in [0.15, 0.2) is 0 Å². The van der Waals surface area contributed by atoms with Crippen LogP contribution in [0.15, 0.2) is 48.8 Å². The molecule has 1 aromatic heterocycles. The molecule has 1 aliphatic heterocycles. The molecule has 6 nitrogen and oxygen atoms in total. The van der Waals surface area contributed by atoms with Gasteiger partial charge < -0.3 is 14.7 Å². The number of para-hydroxylation sites is 1. The molecule has 1 N–H and O–H groups in total. The largest absolute Gasteiger partial charge is 0.455 e. The van der Waals surface area contributed by atoms with Crippen LogP contribution in [0.2, 0.25) is 0 Å². The lowest BCUT2D eigenvalue weighted by Gasteiger charge is -2.35. The van der Waals surface area contributed by atoms with Crippen molar-refractivity contribution >= 4 is 5.91 Å². The second-order valence-electron chi connectivity index (χ2n) is 6.23. The van der Waals surface area contributed by atoms with Crippen molar-refractivity contribution in [2.45, 2.75) is 13.0 Å². The summed E-state index contributed by atoms with van der Waals surface area (Å²) in [5.41, 5.74) is 0.551. The van der Waals surface area contributed by atoms with Crippen LogP contribution in [-0.4, -0.2) is 64.6 Å². The third-order valence-electron chi connectivity index (χ3n) is 4.16. The summed E-state index contributed by atoms with van der Waals surface area (Å²) in [7, 11) is 0. The second kappa shape index (κ2) is 8.09. The lowest BCUT2D eigenvalue weighted by molar-refractivity contribution is 0.0552. The Labute approximate surface area is 147 Å². The standard InChI is InChI=1S/C19H23N3O3/c1-15(23)14-21-9-11-22(12-10-21)19(24)17-6-2-3-7-18(17)25-16-5-4-8-20-13-16/h2-8,13,15,23H,9-12,14H2,1H3/t15-/m0/s1. The van der Waals surface area contributed by atoms with Gasteiger partial charge in [0, 0.05) is 38.9 Å². The van der Waals surface area contributed by atoms with Crippen LogP contribution in [0.5, 0.6) is 11.5 Å². The quantitative estimate of drug-likeness (QED) is 0.901. The Morgan fingerprint density at radius 2 is 1.96 bits per heavy atom. The van der Waals surface area contributed by atoms with Gasteiger partial charge in [0.2, 0.25) is 0 Å². The Morgan fingerprint density at radius 3 is 2.64 bits per heavy atom. The van der Waals surface area contributed by atoms with Gasteiger partial charge in [-0.05, 0) is 31.2 Å². The number of hydrogen-bond acceptors (Lipinski definition) is 5. The third kappa shape index (κ3) is 4.55. The third-order valence-corrected chi connectivity index (χ3v) is 4.16. The molecule has 2 heterocycles. The Balaban J connectivity index is 1.69. The first kappa shape index (κ1) is 17.4. The number of aromatic nitrogens is 1. The van der Waals surface area contributed by atoms with Crippen LogP contribution in [-0.2, 0) is 0 Å². The highest BCUT2D eigenvalue weighted by molar-refractivity contribution is 5.97. The van der Waals surface area contributed by atoms with Crippen molar-refractivity contribution in [3.63, 3.8) is 0 Å². The number of rotatable bonds is 5. The monoisotopic (exact) mass is 341 g/mol. The maximum Gasteiger partial charge on any atom is 0.257 e. The van der Waals surface area contributed by atoms with E-state index in [1.54, 1.807) is 37.5 Å². The maximum atomic E-state index is 12.9. The molecule has 1 atom stereocenters. The first-order valence-corrected chi connectivity index (χ1v) is 8.50. The minimum absolute atomic E-state index is 0.0313. The molecular formula is C19H23N3O3. The summed E-state index contributed by atoms with van der Waals surface area (Å²) in [6.45, 7) is 5.25. The average molecular weight is 341 g/mol. The molecule has 25 heavy (non-hydrogen) atoms. The summed E-state index contributed by atoms with van der Waals surface area (Å²) in [5.74, 6) is 1.10. The zero-order chi connectivity index (χ0) is 17.6. The average Bonchev–Trinajstić information content (AvgIpc) is 2.63. The molecule has 0 spiro atoms. The molecular weight excluding hydrogens is 318 g/mol. The summed E-state index contributed by atoms with van der Waals surface area (Å²) in [6, 6.07) is 10.9. The SMILES string of the molecule is C[C@H](O)CN1CCN(C(=O)c2ccccc2Oc2cccnc2)CC1. The fraction of sp³-hybridized carbons (Fsp3) is 0.368. The predicted molar refractivity (Wildman–Crippen MR) is 94.8 cm³/mol. The molecule has 0 radical (unpaired) electrons. The zero-order valence-corrected chi connectivity index (χ0v) is 14.3. The highest BCUT2D eigenvalue weighted by atomic mass is 16.5. The maximum absolute atomic E-state index is 12.9. The number of hydrogen-bond donors (Lipinski definition) is 1. The van der Waals surface area contributed by atoms with Gasteiger partial charge in [0.05, 0.1) is 17.9 Å². The summed E-state index contributed by atoms with van der Waals surface area (Å²) in [5, 5.41) is 9.49. The molecule has 1 fully saturated rings. The number of amides is 1. The van der Waals surface area contributed by atoms with Crippen LogP contribution >= 0.6 is 0 Å². The van der Waals surface area contributed by atoms with Gasteiger partial charge in [0.1, 0.15) is 11.5 Å². The summed E-state index contributed by atoms with van der Waals surface area (Å²) < 4.78 is 5.84. The van der Waals surface area contributed by atoms with Gasteiger partial charge in [-0.15, -0.1) is 0 Å². The molecule has 1 amide bonds. The van der Waals surface area contributed by atoms with Crippen molar-refractivity contribution in [2.24, 2.45) is 0 Å². The Bertz CT molecular complexity index is 698. The topological polar surface area (TPSA) is 65.9 Å². The van der Waals surface area contributed by atoms with Crippen molar-refractivity contribution in [1.29, 1.82) is 0 Å². The van der Waals surface area contributed by atoms with Gasteiger partial charge in [-0.2, -0.15) is 0 Å². The van der Waals surface area contributed by atoms with Crippen LogP contribution < -0.4 is 4.74 Å². The fourth-order valence-electron chi connectivity index (χ4n) is 2.94. The molecule has 0 aliphatic carbocycles. The van der Waals surface area contributed by atoms with Crippen molar-refractivity contribution in [3.05, 3.63) is 54.4 Å². The number of carbonyl (C=O) groups is 1.